The van der Waals surface area contributed by atoms with Crippen molar-refractivity contribution in [3.63, 3.8) is 0 Å². The Morgan fingerprint density at radius 2 is 2.08 bits per heavy atom. The van der Waals surface area contributed by atoms with Crippen molar-refractivity contribution in [2.24, 2.45) is 0 Å². The van der Waals surface area contributed by atoms with Crippen molar-refractivity contribution in [1.29, 1.82) is 0 Å². The largest absolute Gasteiger partial charge is 0.482 e. The first kappa shape index (κ1) is 18.8. The molecule has 0 fully saturated rings. The SMILES string of the molecule is CCNc1cc(Cl)cc(C(=O)NCc2c(OC)[nH]c(F)cc2=O)c1C. The number of anilines is 1. The van der Waals surface area contributed by atoms with E-state index < -0.39 is 17.3 Å². The summed E-state index contributed by atoms with van der Waals surface area (Å²) in [5.41, 5.74) is 1.45. The number of hydrogen-bond acceptors (Lipinski definition) is 4. The number of hydrogen-bond donors (Lipinski definition) is 3. The predicted octanol–water partition coefficient (Wildman–Crippen LogP) is 2.85. The molecule has 6 nitrogen and oxygen atoms in total. The van der Waals surface area contributed by atoms with E-state index in [0.717, 1.165) is 17.3 Å². The molecule has 0 unspecified atom stereocenters. The number of rotatable bonds is 6. The Bertz CT molecular complexity index is 852. The van der Waals surface area contributed by atoms with Crippen LogP contribution in [0.25, 0.3) is 0 Å². The summed E-state index contributed by atoms with van der Waals surface area (Å²) in [5.74, 6) is -1.23. The van der Waals surface area contributed by atoms with Gasteiger partial charge in [0.1, 0.15) is 0 Å². The molecule has 1 amide bonds. The Morgan fingerprint density at radius 1 is 1.36 bits per heavy atom. The molecule has 0 atom stereocenters. The maximum atomic E-state index is 13.2. The molecule has 0 saturated carbocycles. The van der Waals surface area contributed by atoms with Gasteiger partial charge in [0.05, 0.1) is 19.2 Å². The zero-order valence-electron chi connectivity index (χ0n) is 14.1. The molecule has 0 saturated heterocycles. The third kappa shape index (κ3) is 4.30. The highest BCUT2D eigenvalue weighted by Crippen LogP contribution is 2.25. The number of H-pyrrole nitrogens is 1. The Morgan fingerprint density at radius 3 is 2.72 bits per heavy atom. The van der Waals surface area contributed by atoms with Crippen molar-refractivity contribution in [2.75, 3.05) is 19.0 Å². The van der Waals surface area contributed by atoms with Crippen molar-refractivity contribution in [3.8, 4) is 5.88 Å². The molecule has 0 aliphatic heterocycles. The first-order chi connectivity index (χ1) is 11.9. The molecule has 1 aromatic heterocycles. The summed E-state index contributed by atoms with van der Waals surface area (Å²) in [6.07, 6.45) is 0. The second kappa shape index (κ2) is 8.02. The van der Waals surface area contributed by atoms with E-state index in [0.29, 0.717) is 17.1 Å². The lowest BCUT2D eigenvalue weighted by Gasteiger charge is -2.14. The van der Waals surface area contributed by atoms with E-state index >= 15 is 0 Å². The van der Waals surface area contributed by atoms with Crippen molar-refractivity contribution in [1.82, 2.24) is 10.3 Å². The number of methoxy groups -OCH3 is 1. The van der Waals surface area contributed by atoms with Gasteiger partial charge in [-0.2, -0.15) is 4.39 Å². The molecule has 0 aliphatic carbocycles. The van der Waals surface area contributed by atoms with Gasteiger partial charge < -0.3 is 20.4 Å². The molecular formula is C17H19ClFN3O3. The normalized spacial score (nSPS) is 10.4. The first-order valence-corrected chi connectivity index (χ1v) is 8.03. The average Bonchev–Trinajstić information content (AvgIpc) is 2.56. The van der Waals surface area contributed by atoms with Crippen LogP contribution in [0.15, 0.2) is 23.0 Å². The zero-order chi connectivity index (χ0) is 18.6. The van der Waals surface area contributed by atoms with Gasteiger partial charge in [-0.05, 0) is 31.5 Å². The van der Waals surface area contributed by atoms with Gasteiger partial charge in [-0.1, -0.05) is 11.6 Å². The van der Waals surface area contributed by atoms with Crippen molar-refractivity contribution in [2.45, 2.75) is 20.4 Å². The summed E-state index contributed by atoms with van der Waals surface area (Å²) >= 11 is 6.07. The standard InChI is InChI=1S/C17H19ClFN3O3/c1-4-20-13-6-10(18)5-11(9(13)2)16(24)21-8-12-14(23)7-15(19)22-17(12)25-3/h5-7,20H,4,8H2,1-3H3,(H,21,24)(H,22,23). The Balaban J connectivity index is 2.26. The molecule has 0 spiro atoms. The smallest absolute Gasteiger partial charge is 0.251 e. The third-order valence-electron chi connectivity index (χ3n) is 3.68. The van der Waals surface area contributed by atoms with Gasteiger partial charge in [-0.3, -0.25) is 9.59 Å². The second-order valence-corrected chi connectivity index (χ2v) is 5.77. The summed E-state index contributed by atoms with van der Waals surface area (Å²) < 4.78 is 18.2. The van der Waals surface area contributed by atoms with E-state index in [2.05, 4.69) is 15.6 Å². The van der Waals surface area contributed by atoms with Gasteiger partial charge in [-0.25, -0.2) is 0 Å². The number of ether oxygens (including phenoxy) is 1. The number of benzene rings is 1. The minimum atomic E-state index is -0.808. The van der Waals surface area contributed by atoms with E-state index in [1.165, 1.54) is 7.11 Å². The van der Waals surface area contributed by atoms with Crippen LogP contribution < -0.4 is 20.8 Å². The van der Waals surface area contributed by atoms with Crippen molar-refractivity contribution in [3.05, 3.63) is 56.1 Å². The highest BCUT2D eigenvalue weighted by Gasteiger charge is 2.16. The van der Waals surface area contributed by atoms with Crippen molar-refractivity contribution < 1.29 is 13.9 Å². The number of aromatic nitrogens is 1. The van der Waals surface area contributed by atoms with Crippen LogP contribution in [0.5, 0.6) is 5.88 Å². The minimum absolute atomic E-state index is 0.0264. The van der Waals surface area contributed by atoms with Crippen LogP contribution in [0, 0.1) is 12.9 Å². The van der Waals surface area contributed by atoms with Crippen LogP contribution in [0.2, 0.25) is 5.02 Å². The summed E-state index contributed by atoms with van der Waals surface area (Å²) in [7, 11) is 1.31. The number of nitrogens with one attached hydrogen (secondary N) is 3. The molecule has 8 heteroatoms. The maximum Gasteiger partial charge on any atom is 0.251 e. The number of pyridine rings is 1. The molecule has 25 heavy (non-hydrogen) atoms. The van der Waals surface area contributed by atoms with Gasteiger partial charge in [0.2, 0.25) is 5.88 Å². The van der Waals surface area contributed by atoms with Crippen molar-refractivity contribution >= 4 is 23.2 Å². The molecule has 3 N–H and O–H groups in total. The van der Waals surface area contributed by atoms with Crippen LogP contribution >= 0.6 is 11.6 Å². The minimum Gasteiger partial charge on any atom is -0.482 e. The number of aromatic amines is 1. The van der Waals surface area contributed by atoms with Gasteiger partial charge in [0.15, 0.2) is 11.4 Å². The van der Waals surface area contributed by atoms with Crippen LogP contribution in [0.1, 0.15) is 28.4 Å². The zero-order valence-corrected chi connectivity index (χ0v) is 14.9. The van der Waals surface area contributed by atoms with Crippen LogP contribution in [-0.4, -0.2) is 24.5 Å². The molecule has 134 valence electrons. The number of halogens is 2. The molecule has 2 aromatic rings. The fourth-order valence-corrected chi connectivity index (χ4v) is 2.65. The summed E-state index contributed by atoms with van der Waals surface area (Å²) in [6, 6.07) is 4.10. The lowest BCUT2D eigenvalue weighted by molar-refractivity contribution is 0.0950. The van der Waals surface area contributed by atoms with Crippen LogP contribution in [0.3, 0.4) is 0 Å². The highest BCUT2D eigenvalue weighted by molar-refractivity contribution is 6.31. The van der Waals surface area contributed by atoms with E-state index in [1.807, 2.05) is 6.92 Å². The van der Waals surface area contributed by atoms with E-state index in [1.54, 1.807) is 19.1 Å². The lowest BCUT2D eigenvalue weighted by atomic mass is 10.1. The molecular weight excluding hydrogens is 349 g/mol. The number of amides is 1. The summed E-state index contributed by atoms with van der Waals surface area (Å²) in [6.45, 7) is 4.31. The van der Waals surface area contributed by atoms with E-state index in [9.17, 15) is 14.0 Å². The van der Waals surface area contributed by atoms with Crippen LogP contribution in [-0.2, 0) is 6.54 Å². The van der Waals surface area contributed by atoms with Gasteiger partial charge >= 0.3 is 0 Å². The summed E-state index contributed by atoms with van der Waals surface area (Å²) in [4.78, 5) is 26.7. The fraction of sp³-hybridized carbons (Fsp3) is 0.294. The molecule has 2 rings (SSSR count). The molecule has 0 bridgehead atoms. The number of carbonyl (C=O) groups excluding carboxylic acids is 1. The summed E-state index contributed by atoms with van der Waals surface area (Å²) in [5, 5.41) is 6.20. The molecule has 0 aliphatic rings. The lowest BCUT2D eigenvalue weighted by Crippen LogP contribution is -2.27. The van der Waals surface area contributed by atoms with E-state index in [4.69, 9.17) is 16.3 Å². The van der Waals surface area contributed by atoms with Gasteiger partial charge in [-0.15, -0.1) is 0 Å². The Kier molecular flexibility index (Phi) is 6.03. The molecule has 1 aromatic carbocycles. The van der Waals surface area contributed by atoms with Crippen LogP contribution in [0.4, 0.5) is 10.1 Å². The highest BCUT2D eigenvalue weighted by atomic mass is 35.5. The quantitative estimate of drug-likeness (QED) is 0.685. The third-order valence-corrected chi connectivity index (χ3v) is 3.89. The second-order valence-electron chi connectivity index (χ2n) is 5.33. The topological polar surface area (TPSA) is 83.2 Å². The maximum absolute atomic E-state index is 13.2. The number of carbonyl (C=O) groups is 1. The predicted molar refractivity (Wildman–Crippen MR) is 95.1 cm³/mol. The Hall–Kier alpha value is -2.54. The Labute approximate surface area is 149 Å². The molecule has 0 radical (unpaired) electrons. The first-order valence-electron chi connectivity index (χ1n) is 7.65. The average molecular weight is 368 g/mol. The van der Waals surface area contributed by atoms with E-state index in [-0.39, 0.29) is 18.0 Å². The monoisotopic (exact) mass is 367 g/mol. The molecule has 1 heterocycles. The van der Waals surface area contributed by atoms with Gasteiger partial charge in [0.25, 0.3) is 5.91 Å². The van der Waals surface area contributed by atoms with Gasteiger partial charge in [0, 0.05) is 28.9 Å². The fourth-order valence-electron chi connectivity index (χ4n) is 2.43.